The van der Waals surface area contributed by atoms with Gasteiger partial charge in [0, 0.05) is 13.0 Å². The molecule has 0 heterocycles. The Morgan fingerprint density at radius 1 is 0.725 bits per heavy atom. The molecule has 0 radical (unpaired) electrons. The maximum atomic E-state index is 11.8. The number of carbonyl (C=O) groups excluding carboxylic acids is 1. The number of nitrogens with two attached hydrogens (primary N) is 1. The highest BCUT2D eigenvalue weighted by Crippen LogP contribution is 2.42. The fourth-order valence-corrected chi connectivity index (χ4v) is 5.23. The highest BCUT2D eigenvalue weighted by atomic mass is 31.2. The minimum atomic E-state index is -4.25. The van der Waals surface area contributed by atoms with Gasteiger partial charge >= 0.3 is 13.8 Å². The van der Waals surface area contributed by atoms with Crippen LogP contribution in [0.1, 0.15) is 148 Å². The number of aliphatic hydroxyl groups excluding tert-OH is 1. The average Bonchev–Trinajstić information content (AvgIpc) is 2.94. The molecular weight excluding hydrogens is 529 g/mol. The molecule has 0 aromatic rings. The Kier molecular flexibility index (Phi) is 29.2. The van der Waals surface area contributed by atoms with Gasteiger partial charge in [-0.1, -0.05) is 128 Å². The second-order valence-electron chi connectivity index (χ2n) is 10.9. The Morgan fingerprint density at radius 3 is 1.65 bits per heavy atom. The third kappa shape index (κ3) is 30.2. The fraction of sp³-hybridized carbons (Fsp3) is 0.903. The number of phosphoric acid groups is 1. The molecule has 0 bridgehead atoms. The number of aliphatic hydroxyl groups is 1. The molecule has 0 aliphatic carbocycles. The first-order valence-corrected chi connectivity index (χ1v) is 17.7. The van der Waals surface area contributed by atoms with E-state index in [1.165, 1.54) is 116 Å². The Bertz CT molecular complexity index is 633. The molecule has 0 aromatic heterocycles. The lowest BCUT2D eigenvalue weighted by atomic mass is 10.0. The summed E-state index contributed by atoms with van der Waals surface area (Å²) in [6.45, 7) is 1.44. The smallest absolute Gasteiger partial charge is 0.463 e. The number of allylic oxidation sites excluding steroid dienone is 2. The van der Waals surface area contributed by atoms with Crippen LogP contribution in [0, 0.1) is 0 Å². The summed E-state index contributed by atoms with van der Waals surface area (Å²) in [6.07, 6.45) is 30.9. The zero-order valence-corrected chi connectivity index (χ0v) is 26.5. The van der Waals surface area contributed by atoms with Gasteiger partial charge in [0.25, 0.3) is 0 Å². The van der Waals surface area contributed by atoms with Crippen molar-refractivity contribution in [2.24, 2.45) is 5.73 Å². The first-order valence-electron chi connectivity index (χ1n) is 16.2. The van der Waals surface area contributed by atoms with Crippen molar-refractivity contribution in [1.82, 2.24) is 0 Å². The first-order chi connectivity index (χ1) is 19.4. The molecule has 238 valence electrons. The molecule has 0 rings (SSSR count). The maximum absolute atomic E-state index is 11.8. The number of rotatable bonds is 31. The summed E-state index contributed by atoms with van der Waals surface area (Å²) in [5.41, 5.74) is 5.18. The lowest BCUT2D eigenvalue weighted by Crippen LogP contribution is -2.23. The van der Waals surface area contributed by atoms with E-state index in [4.69, 9.17) is 10.5 Å². The molecule has 1 unspecified atom stereocenters. The highest BCUT2D eigenvalue weighted by Gasteiger charge is 2.22. The maximum Gasteiger partial charge on any atom is 0.472 e. The van der Waals surface area contributed by atoms with Crippen LogP contribution in [0.2, 0.25) is 0 Å². The summed E-state index contributed by atoms with van der Waals surface area (Å²) in [7, 11) is -4.25. The topological polar surface area (TPSA) is 128 Å². The molecule has 0 aliphatic rings. The molecular formula is C31H62NO7P. The molecule has 8 nitrogen and oxygen atoms in total. The number of esters is 1. The van der Waals surface area contributed by atoms with Gasteiger partial charge in [-0.3, -0.25) is 13.8 Å². The van der Waals surface area contributed by atoms with Crippen molar-refractivity contribution in [3.8, 4) is 0 Å². The molecule has 0 aliphatic heterocycles. The van der Waals surface area contributed by atoms with Crippen LogP contribution in [-0.4, -0.2) is 48.4 Å². The van der Waals surface area contributed by atoms with E-state index < -0.39 is 26.5 Å². The largest absolute Gasteiger partial charge is 0.472 e. The fourth-order valence-electron chi connectivity index (χ4n) is 4.46. The summed E-state index contributed by atoms with van der Waals surface area (Å²) < 4.78 is 25.6. The van der Waals surface area contributed by atoms with Crippen LogP contribution < -0.4 is 5.73 Å². The minimum Gasteiger partial charge on any atom is -0.463 e. The van der Waals surface area contributed by atoms with E-state index in [0.717, 1.165) is 12.8 Å². The summed E-state index contributed by atoms with van der Waals surface area (Å²) in [5.74, 6) is -0.414. The molecule has 0 saturated heterocycles. The van der Waals surface area contributed by atoms with Gasteiger partial charge in [-0.25, -0.2) is 4.57 Å². The van der Waals surface area contributed by atoms with Crippen molar-refractivity contribution < 1.29 is 33.1 Å². The summed E-state index contributed by atoms with van der Waals surface area (Å²) in [6, 6.07) is 0. The molecule has 0 saturated carbocycles. The van der Waals surface area contributed by atoms with Crippen molar-refractivity contribution in [3.63, 3.8) is 0 Å². The van der Waals surface area contributed by atoms with Crippen LogP contribution in [0.15, 0.2) is 12.2 Å². The first kappa shape index (κ1) is 39.2. The molecule has 9 heteroatoms. The SMILES string of the molecule is CCCCCCCCCCCCCCCCCCCC/C=C/CCCC(=O)OC[C@@H](O)COP(=O)(O)OCCN. The second-order valence-corrected chi connectivity index (χ2v) is 12.3. The predicted molar refractivity (Wildman–Crippen MR) is 164 cm³/mol. The van der Waals surface area contributed by atoms with E-state index in [1.807, 2.05) is 0 Å². The summed E-state index contributed by atoms with van der Waals surface area (Å²) in [4.78, 5) is 21.1. The van der Waals surface area contributed by atoms with E-state index in [9.17, 15) is 19.4 Å². The number of phosphoric ester groups is 1. The van der Waals surface area contributed by atoms with E-state index in [-0.39, 0.29) is 26.2 Å². The monoisotopic (exact) mass is 591 g/mol. The number of ether oxygens (including phenoxy) is 1. The second kappa shape index (κ2) is 29.7. The van der Waals surface area contributed by atoms with E-state index in [1.54, 1.807) is 0 Å². The zero-order valence-electron chi connectivity index (χ0n) is 25.6. The van der Waals surface area contributed by atoms with Gasteiger partial charge in [-0.2, -0.15) is 0 Å². The van der Waals surface area contributed by atoms with Crippen molar-refractivity contribution in [2.75, 3.05) is 26.4 Å². The molecule has 40 heavy (non-hydrogen) atoms. The van der Waals surface area contributed by atoms with Gasteiger partial charge < -0.3 is 20.5 Å². The highest BCUT2D eigenvalue weighted by molar-refractivity contribution is 7.47. The van der Waals surface area contributed by atoms with Gasteiger partial charge in [0.15, 0.2) is 0 Å². The lowest BCUT2D eigenvalue weighted by Gasteiger charge is -2.15. The Labute approximate surface area is 245 Å². The number of hydrogen-bond donors (Lipinski definition) is 3. The summed E-state index contributed by atoms with van der Waals surface area (Å²) in [5, 5.41) is 9.72. The molecule has 0 aromatic carbocycles. The van der Waals surface area contributed by atoms with E-state index in [2.05, 4.69) is 28.1 Å². The van der Waals surface area contributed by atoms with Crippen LogP contribution >= 0.6 is 7.82 Å². The lowest BCUT2D eigenvalue weighted by molar-refractivity contribution is -0.147. The average molecular weight is 592 g/mol. The minimum absolute atomic E-state index is 0.0723. The third-order valence-corrected chi connectivity index (χ3v) is 7.87. The molecule has 4 N–H and O–H groups in total. The molecule has 0 amide bonds. The van der Waals surface area contributed by atoms with E-state index in [0.29, 0.717) is 6.42 Å². The van der Waals surface area contributed by atoms with Gasteiger partial charge in [-0.05, 0) is 25.7 Å². The van der Waals surface area contributed by atoms with E-state index >= 15 is 0 Å². The number of hydrogen-bond acceptors (Lipinski definition) is 7. The Morgan fingerprint density at radius 2 is 1.18 bits per heavy atom. The Hall–Kier alpha value is -0.760. The zero-order chi connectivity index (χ0) is 29.6. The van der Waals surface area contributed by atoms with Crippen molar-refractivity contribution in [3.05, 3.63) is 12.2 Å². The summed E-state index contributed by atoms with van der Waals surface area (Å²) >= 11 is 0. The number of carbonyl (C=O) groups is 1. The van der Waals surface area contributed by atoms with Crippen LogP contribution in [-0.2, 0) is 23.1 Å². The van der Waals surface area contributed by atoms with Crippen LogP contribution in [0.4, 0.5) is 0 Å². The van der Waals surface area contributed by atoms with Crippen LogP contribution in [0.5, 0.6) is 0 Å². The predicted octanol–water partition coefficient (Wildman–Crippen LogP) is 8.14. The van der Waals surface area contributed by atoms with Gasteiger partial charge in [-0.15, -0.1) is 0 Å². The Balaban J connectivity index is 3.37. The number of unbranched alkanes of at least 4 members (excludes halogenated alkanes) is 19. The molecule has 2 atom stereocenters. The van der Waals surface area contributed by atoms with Crippen LogP contribution in [0.3, 0.4) is 0 Å². The van der Waals surface area contributed by atoms with Gasteiger partial charge in [0.05, 0.1) is 13.2 Å². The standard InChI is InChI=1S/C31H62NO7P/c1-2-3-4-5-6-7-8-9-10-11-12-13-14-15-16-17-18-19-20-21-22-23-24-25-31(34)37-28-30(33)29-39-40(35,36)38-27-26-32/h21-22,30,33H,2-20,23-29,32H2,1H3,(H,35,36)/b22-21+/t30-/m1/s1. The van der Waals surface area contributed by atoms with Gasteiger partial charge in [0.1, 0.15) is 12.7 Å². The van der Waals surface area contributed by atoms with Crippen molar-refractivity contribution in [1.29, 1.82) is 0 Å². The third-order valence-electron chi connectivity index (χ3n) is 6.88. The van der Waals surface area contributed by atoms with Crippen molar-refractivity contribution >= 4 is 13.8 Å². The quantitative estimate of drug-likeness (QED) is 0.0319. The molecule has 0 fully saturated rings. The normalized spacial score (nSPS) is 14.0. The van der Waals surface area contributed by atoms with Crippen molar-refractivity contribution in [2.45, 2.75) is 154 Å². The van der Waals surface area contributed by atoms with Crippen LogP contribution in [0.25, 0.3) is 0 Å². The molecule has 0 spiro atoms. The van der Waals surface area contributed by atoms with Gasteiger partial charge in [0.2, 0.25) is 0 Å².